The second-order valence-corrected chi connectivity index (χ2v) is 4.41. The van der Waals surface area contributed by atoms with E-state index in [0.29, 0.717) is 17.1 Å². The lowest BCUT2D eigenvalue weighted by atomic mass is 10.3. The van der Waals surface area contributed by atoms with Gasteiger partial charge in [0.1, 0.15) is 0 Å². The molecule has 0 spiro atoms. The highest BCUT2D eigenvalue weighted by Gasteiger charge is 2.35. The van der Waals surface area contributed by atoms with Crippen LogP contribution in [-0.2, 0) is 0 Å². The van der Waals surface area contributed by atoms with Gasteiger partial charge in [-0.15, -0.1) is 10.2 Å². The Morgan fingerprint density at radius 2 is 2.36 bits per heavy atom. The minimum Gasteiger partial charge on any atom is -0.357 e. The lowest BCUT2D eigenvalue weighted by molar-refractivity contribution is 0.150. The zero-order chi connectivity index (χ0) is 10.1. The molecule has 78 valence electrons. The van der Waals surface area contributed by atoms with E-state index in [0.717, 1.165) is 24.2 Å². The Morgan fingerprint density at radius 1 is 1.57 bits per heavy atom. The van der Waals surface area contributed by atoms with Gasteiger partial charge in [-0.3, -0.25) is 0 Å². The summed E-state index contributed by atoms with van der Waals surface area (Å²) in [7, 11) is 0. The Balaban J connectivity index is 1.91. The molecule has 1 aliphatic carbocycles. The normalized spacial score (nSPS) is 25.4. The summed E-state index contributed by atoms with van der Waals surface area (Å²) in [4.78, 5) is 0. The Labute approximate surface area is 84.5 Å². The molecular formula is C8H11F2N3S. The van der Waals surface area contributed by atoms with Gasteiger partial charge in [-0.2, -0.15) is 0 Å². The number of aromatic nitrogens is 2. The van der Waals surface area contributed by atoms with Crippen molar-refractivity contribution >= 4 is 16.5 Å². The molecule has 0 aliphatic heterocycles. The fraction of sp³-hybridized carbons (Fsp3) is 0.750. The highest BCUT2D eigenvalue weighted by Crippen LogP contribution is 2.37. The molecule has 0 aromatic carbocycles. The predicted molar refractivity (Wildman–Crippen MR) is 50.7 cm³/mol. The summed E-state index contributed by atoms with van der Waals surface area (Å²) in [5.74, 6) is 0.675. The van der Waals surface area contributed by atoms with Crippen LogP contribution in [0.4, 0.5) is 13.9 Å². The van der Waals surface area contributed by atoms with Crippen molar-refractivity contribution in [2.45, 2.75) is 32.2 Å². The molecule has 2 unspecified atom stereocenters. The number of anilines is 1. The van der Waals surface area contributed by atoms with Crippen LogP contribution in [0.25, 0.3) is 0 Å². The number of halogens is 2. The van der Waals surface area contributed by atoms with Crippen LogP contribution in [0, 0.1) is 5.92 Å². The Hall–Kier alpha value is -0.780. The molecule has 6 heteroatoms. The second kappa shape index (κ2) is 3.76. The van der Waals surface area contributed by atoms with E-state index in [1.807, 2.05) is 0 Å². The van der Waals surface area contributed by atoms with Crippen molar-refractivity contribution in [2.75, 3.05) is 5.32 Å². The maximum atomic E-state index is 12.2. The maximum absolute atomic E-state index is 12.2. The standard InChI is InChI=1S/C8H11F2N3S/c1-2-4-3-5(4)11-8-13-12-7(14-8)6(9)10/h4-6H,2-3H2,1H3,(H,11,13). The summed E-state index contributed by atoms with van der Waals surface area (Å²) in [6.45, 7) is 2.12. The van der Waals surface area contributed by atoms with Crippen molar-refractivity contribution in [3.63, 3.8) is 0 Å². The lowest BCUT2D eigenvalue weighted by Crippen LogP contribution is -2.03. The molecule has 0 saturated heterocycles. The quantitative estimate of drug-likeness (QED) is 0.846. The summed E-state index contributed by atoms with van der Waals surface area (Å²) in [6, 6.07) is 0.415. The average molecular weight is 219 g/mol. The number of hydrogen-bond donors (Lipinski definition) is 1. The van der Waals surface area contributed by atoms with Crippen molar-refractivity contribution in [1.29, 1.82) is 0 Å². The lowest BCUT2D eigenvalue weighted by Gasteiger charge is -1.97. The first kappa shape index (κ1) is 9.76. The van der Waals surface area contributed by atoms with Crippen LogP contribution in [-0.4, -0.2) is 16.2 Å². The van der Waals surface area contributed by atoms with Gasteiger partial charge in [0.2, 0.25) is 5.13 Å². The van der Waals surface area contributed by atoms with Gasteiger partial charge in [0.15, 0.2) is 5.01 Å². The molecular weight excluding hydrogens is 208 g/mol. The van der Waals surface area contributed by atoms with Gasteiger partial charge in [-0.05, 0) is 12.3 Å². The molecule has 1 aromatic rings. The van der Waals surface area contributed by atoms with E-state index in [9.17, 15) is 8.78 Å². The zero-order valence-corrected chi connectivity index (χ0v) is 8.52. The zero-order valence-electron chi connectivity index (χ0n) is 7.70. The van der Waals surface area contributed by atoms with Gasteiger partial charge in [0.25, 0.3) is 6.43 Å². The van der Waals surface area contributed by atoms with Gasteiger partial charge >= 0.3 is 0 Å². The molecule has 1 saturated carbocycles. The minimum atomic E-state index is -2.51. The molecule has 2 rings (SSSR count). The van der Waals surface area contributed by atoms with E-state index in [-0.39, 0.29) is 5.01 Å². The summed E-state index contributed by atoms with van der Waals surface area (Å²) in [5.41, 5.74) is 0. The Bertz CT molecular complexity index is 315. The minimum absolute atomic E-state index is 0.207. The highest BCUT2D eigenvalue weighted by atomic mass is 32.1. The number of hydrogen-bond acceptors (Lipinski definition) is 4. The van der Waals surface area contributed by atoms with Crippen molar-refractivity contribution < 1.29 is 8.78 Å². The van der Waals surface area contributed by atoms with Crippen LogP contribution in [0.1, 0.15) is 31.2 Å². The van der Waals surface area contributed by atoms with Gasteiger partial charge < -0.3 is 5.32 Å². The molecule has 1 aliphatic rings. The average Bonchev–Trinajstić information content (AvgIpc) is 2.71. The van der Waals surface area contributed by atoms with E-state index < -0.39 is 6.43 Å². The van der Waals surface area contributed by atoms with E-state index >= 15 is 0 Å². The monoisotopic (exact) mass is 219 g/mol. The van der Waals surface area contributed by atoms with Crippen LogP contribution < -0.4 is 5.32 Å². The molecule has 14 heavy (non-hydrogen) atoms. The van der Waals surface area contributed by atoms with E-state index in [4.69, 9.17) is 0 Å². The van der Waals surface area contributed by atoms with Gasteiger partial charge in [-0.25, -0.2) is 8.78 Å². The summed E-state index contributed by atoms with van der Waals surface area (Å²) >= 11 is 0.938. The summed E-state index contributed by atoms with van der Waals surface area (Å²) < 4.78 is 24.3. The highest BCUT2D eigenvalue weighted by molar-refractivity contribution is 7.15. The molecule has 1 heterocycles. The van der Waals surface area contributed by atoms with Crippen LogP contribution in [0.3, 0.4) is 0 Å². The maximum Gasteiger partial charge on any atom is 0.291 e. The topological polar surface area (TPSA) is 37.8 Å². The van der Waals surface area contributed by atoms with Gasteiger partial charge in [0.05, 0.1) is 0 Å². The number of nitrogens with one attached hydrogen (secondary N) is 1. The molecule has 2 atom stereocenters. The number of alkyl halides is 2. The van der Waals surface area contributed by atoms with Crippen molar-refractivity contribution in [2.24, 2.45) is 5.92 Å². The SMILES string of the molecule is CCC1CC1Nc1nnc(C(F)F)s1. The molecule has 1 aromatic heterocycles. The number of rotatable bonds is 4. The van der Waals surface area contributed by atoms with E-state index in [2.05, 4.69) is 22.4 Å². The largest absolute Gasteiger partial charge is 0.357 e. The van der Waals surface area contributed by atoms with Crippen LogP contribution in [0.15, 0.2) is 0 Å². The predicted octanol–water partition coefficient (Wildman–Crippen LogP) is 2.69. The summed E-state index contributed by atoms with van der Waals surface area (Å²) in [5, 5.41) is 10.5. The first-order chi connectivity index (χ1) is 6.70. The molecule has 0 amide bonds. The van der Waals surface area contributed by atoms with Crippen molar-refractivity contribution in [3.8, 4) is 0 Å². The number of nitrogens with zero attached hydrogens (tertiary/aromatic N) is 2. The smallest absolute Gasteiger partial charge is 0.291 e. The van der Waals surface area contributed by atoms with E-state index in [1.54, 1.807) is 0 Å². The molecule has 1 N–H and O–H groups in total. The first-order valence-electron chi connectivity index (χ1n) is 4.58. The fourth-order valence-electron chi connectivity index (χ4n) is 1.42. The van der Waals surface area contributed by atoms with Crippen LogP contribution in [0.5, 0.6) is 0 Å². The second-order valence-electron chi connectivity index (χ2n) is 3.40. The Morgan fingerprint density at radius 3 is 2.86 bits per heavy atom. The fourth-order valence-corrected chi connectivity index (χ4v) is 2.08. The molecule has 3 nitrogen and oxygen atoms in total. The third-order valence-corrected chi connectivity index (χ3v) is 3.24. The molecule has 1 fully saturated rings. The molecule has 0 radical (unpaired) electrons. The van der Waals surface area contributed by atoms with Crippen molar-refractivity contribution in [3.05, 3.63) is 5.01 Å². The molecule has 0 bridgehead atoms. The van der Waals surface area contributed by atoms with Gasteiger partial charge in [0, 0.05) is 6.04 Å². The van der Waals surface area contributed by atoms with Crippen molar-refractivity contribution in [1.82, 2.24) is 10.2 Å². The van der Waals surface area contributed by atoms with Gasteiger partial charge in [-0.1, -0.05) is 24.7 Å². The third-order valence-electron chi connectivity index (χ3n) is 2.38. The summed E-state index contributed by atoms with van der Waals surface area (Å²) in [6.07, 6.45) is -0.276. The van der Waals surface area contributed by atoms with Crippen LogP contribution >= 0.6 is 11.3 Å². The van der Waals surface area contributed by atoms with Crippen LogP contribution in [0.2, 0.25) is 0 Å². The third kappa shape index (κ3) is 2.00. The Kier molecular flexibility index (Phi) is 2.62. The van der Waals surface area contributed by atoms with E-state index in [1.165, 1.54) is 0 Å². The first-order valence-corrected chi connectivity index (χ1v) is 5.40.